The molecule has 1 aromatic rings. The second-order valence-corrected chi connectivity index (χ2v) is 8.05. The molecule has 1 aromatic carbocycles. The van der Waals surface area contributed by atoms with Crippen LogP contribution in [0.15, 0.2) is 23.2 Å². The van der Waals surface area contributed by atoms with Crippen molar-refractivity contribution in [1.29, 1.82) is 0 Å². The van der Waals surface area contributed by atoms with E-state index in [2.05, 4.69) is 20.9 Å². The molecule has 0 aliphatic rings. The Morgan fingerprint density at radius 1 is 1.17 bits per heavy atom. The number of nitrogens with zero attached hydrogens (tertiary/aromatic N) is 1. The molecule has 0 saturated heterocycles. The second-order valence-electron chi connectivity index (χ2n) is 8.05. The first kappa shape index (κ1) is 27.1. The van der Waals surface area contributed by atoms with E-state index in [1.807, 2.05) is 41.5 Å². The van der Waals surface area contributed by atoms with Gasteiger partial charge < -0.3 is 30.5 Å². The number of aromatic hydroxyl groups is 1. The third-order valence-corrected chi connectivity index (χ3v) is 3.58. The van der Waals surface area contributed by atoms with Crippen LogP contribution in [0.2, 0.25) is 0 Å². The van der Waals surface area contributed by atoms with Crippen LogP contribution in [0, 0.1) is 0 Å². The molecule has 1 amide bonds. The molecule has 0 aliphatic heterocycles. The van der Waals surface area contributed by atoms with Crippen LogP contribution in [0.1, 0.15) is 47.1 Å². The molecule has 0 unspecified atom stereocenters. The van der Waals surface area contributed by atoms with E-state index in [1.165, 1.54) is 0 Å². The molecule has 1 rings (SSSR count). The third kappa shape index (κ3) is 11.0. The molecule has 0 aliphatic carbocycles. The van der Waals surface area contributed by atoms with Crippen molar-refractivity contribution in [2.24, 2.45) is 4.99 Å². The topological polar surface area (TPSA) is 104 Å². The molecular weight excluding hydrogens is 487 g/mol. The van der Waals surface area contributed by atoms with E-state index in [-0.39, 0.29) is 36.3 Å². The highest BCUT2D eigenvalue weighted by molar-refractivity contribution is 14.0. The highest BCUT2D eigenvalue weighted by Crippen LogP contribution is 2.23. The van der Waals surface area contributed by atoms with Crippen LogP contribution in [0.25, 0.3) is 0 Å². The number of carbonyl (C=O) groups excluding carboxylic acids is 1. The third-order valence-electron chi connectivity index (χ3n) is 3.58. The van der Waals surface area contributed by atoms with Crippen molar-refractivity contribution >= 4 is 36.0 Å². The van der Waals surface area contributed by atoms with Gasteiger partial charge in [0, 0.05) is 18.7 Å². The zero-order valence-electron chi connectivity index (χ0n) is 18.4. The first-order valence-electron chi connectivity index (χ1n) is 9.35. The number of nitrogens with one attached hydrogen (secondary N) is 3. The van der Waals surface area contributed by atoms with Crippen LogP contribution < -0.4 is 20.7 Å². The number of amides is 1. The smallest absolute Gasteiger partial charge is 0.408 e. The minimum atomic E-state index is -0.559. The Labute approximate surface area is 190 Å². The lowest BCUT2D eigenvalue weighted by Gasteiger charge is -2.29. The maximum Gasteiger partial charge on any atom is 0.408 e. The van der Waals surface area contributed by atoms with Crippen molar-refractivity contribution in [3.63, 3.8) is 0 Å². The van der Waals surface area contributed by atoms with Crippen molar-refractivity contribution in [2.75, 3.05) is 20.2 Å². The number of benzene rings is 1. The lowest BCUT2D eigenvalue weighted by Crippen LogP contribution is -2.54. The van der Waals surface area contributed by atoms with Crippen molar-refractivity contribution in [3.05, 3.63) is 23.8 Å². The molecule has 8 nitrogen and oxygen atoms in total. The summed E-state index contributed by atoms with van der Waals surface area (Å²) >= 11 is 0. The Bertz CT molecular complexity index is 688. The van der Waals surface area contributed by atoms with Gasteiger partial charge in [-0.3, -0.25) is 0 Å². The van der Waals surface area contributed by atoms with E-state index in [0.717, 1.165) is 0 Å². The van der Waals surface area contributed by atoms with E-state index in [9.17, 15) is 9.90 Å². The second kappa shape index (κ2) is 11.9. The Kier molecular flexibility index (Phi) is 11.2. The van der Waals surface area contributed by atoms with Crippen LogP contribution in [-0.4, -0.2) is 48.5 Å². The van der Waals surface area contributed by atoms with Gasteiger partial charge in [-0.15, -0.1) is 24.0 Å². The number of rotatable bonds is 7. The predicted octanol–water partition coefficient (Wildman–Crippen LogP) is 3.38. The first-order valence-corrected chi connectivity index (χ1v) is 9.35. The highest BCUT2D eigenvalue weighted by atomic mass is 127. The normalized spacial score (nSPS) is 11.9. The van der Waals surface area contributed by atoms with Crippen molar-refractivity contribution in [1.82, 2.24) is 16.0 Å². The van der Waals surface area contributed by atoms with E-state index in [1.54, 1.807) is 25.3 Å². The summed E-state index contributed by atoms with van der Waals surface area (Å²) in [6, 6.07) is 5.02. The monoisotopic (exact) mass is 522 g/mol. The Balaban J connectivity index is 0.00000784. The standard InChI is InChI=1S/C20H34N4O4.HI/c1-8-21-17(22-12-14-11-15(27-7)9-10-16(14)25)23-13-20(5,6)24-18(26)28-19(2,3)4;/h9-11,25H,8,12-13H2,1-7H3,(H,24,26)(H2,21,22,23);1H. The summed E-state index contributed by atoms with van der Waals surface area (Å²) in [6.45, 7) is 12.6. The van der Waals surface area contributed by atoms with Gasteiger partial charge in [0.05, 0.1) is 19.2 Å². The minimum absolute atomic E-state index is 0. The van der Waals surface area contributed by atoms with Gasteiger partial charge in [0.15, 0.2) is 5.96 Å². The number of guanidine groups is 1. The fourth-order valence-corrected chi connectivity index (χ4v) is 2.25. The van der Waals surface area contributed by atoms with E-state index < -0.39 is 17.2 Å². The maximum atomic E-state index is 12.0. The molecular formula is C20H35IN4O4. The van der Waals surface area contributed by atoms with Gasteiger partial charge in [0.25, 0.3) is 0 Å². The van der Waals surface area contributed by atoms with E-state index in [0.29, 0.717) is 30.4 Å². The Morgan fingerprint density at radius 3 is 2.38 bits per heavy atom. The fourth-order valence-electron chi connectivity index (χ4n) is 2.25. The molecule has 4 N–H and O–H groups in total. The molecule has 0 atom stereocenters. The minimum Gasteiger partial charge on any atom is -0.508 e. The van der Waals surface area contributed by atoms with Crippen LogP contribution in [-0.2, 0) is 11.3 Å². The summed E-state index contributed by atoms with van der Waals surface area (Å²) in [7, 11) is 1.57. The van der Waals surface area contributed by atoms with Gasteiger partial charge in [-0.05, 0) is 59.7 Å². The van der Waals surface area contributed by atoms with Gasteiger partial charge in [-0.25, -0.2) is 9.79 Å². The molecule has 9 heteroatoms. The SMILES string of the molecule is CCNC(=NCc1cc(OC)ccc1O)NCC(C)(C)NC(=O)OC(C)(C)C.I. The number of carbonyl (C=O) groups is 1. The van der Waals surface area contributed by atoms with Gasteiger partial charge in [0.2, 0.25) is 0 Å². The van der Waals surface area contributed by atoms with Crippen molar-refractivity contribution < 1.29 is 19.4 Å². The van der Waals surface area contributed by atoms with Gasteiger partial charge >= 0.3 is 6.09 Å². The van der Waals surface area contributed by atoms with Crippen LogP contribution in [0.4, 0.5) is 4.79 Å². The number of alkyl carbamates (subject to hydrolysis) is 1. The summed E-state index contributed by atoms with van der Waals surface area (Å²) in [6.07, 6.45) is -0.470. The number of hydrogen-bond donors (Lipinski definition) is 4. The predicted molar refractivity (Wildman–Crippen MR) is 126 cm³/mol. The van der Waals surface area contributed by atoms with Crippen LogP contribution >= 0.6 is 24.0 Å². The largest absolute Gasteiger partial charge is 0.508 e. The average Bonchev–Trinajstić information content (AvgIpc) is 2.56. The number of ether oxygens (including phenoxy) is 2. The number of phenolic OH excluding ortho intramolecular Hbond substituents is 1. The number of halogens is 1. The average molecular weight is 522 g/mol. The summed E-state index contributed by atoms with van der Waals surface area (Å²) in [5.74, 6) is 1.39. The Morgan fingerprint density at radius 2 is 1.83 bits per heavy atom. The molecule has 0 fully saturated rings. The fraction of sp³-hybridized carbons (Fsp3) is 0.600. The molecule has 0 bridgehead atoms. The molecule has 29 heavy (non-hydrogen) atoms. The molecule has 0 heterocycles. The maximum absolute atomic E-state index is 12.0. The van der Waals surface area contributed by atoms with Crippen LogP contribution in [0.5, 0.6) is 11.5 Å². The van der Waals surface area contributed by atoms with Gasteiger partial charge in [-0.2, -0.15) is 0 Å². The molecule has 0 saturated carbocycles. The van der Waals surface area contributed by atoms with E-state index >= 15 is 0 Å². The summed E-state index contributed by atoms with van der Waals surface area (Å²) in [4.78, 5) is 16.5. The highest BCUT2D eigenvalue weighted by Gasteiger charge is 2.24. The van der Waals surface area contributed by atoms with E-state index in [4.69, 9.17) is 9.47 Å². The van der Waals surface area contributed by atoms with Crippen molar-refractivity contribution in [2.45, 2.75) is 59.2 Å². The zero-order valence-corrected chi connectivity index (χ0v) is 20.7. The molecule has 0 aromatic heterocycles. The quantitative estimate of drug-likeness (QED) is 0.249. The lowest BCUT2D eigenvalue weighted by atomic mass is 10.1. The number of hydrogen-bond acceptors (Lipinski definition) is 5. The Hall–Kier alpha value is -1.91. The molecule has 0 radical (unpaired) electrons. The van der Waals surface area contributed by atoms with Gasteiger partial charge in [-0.1, -0.05) is 0 Å². The number of phenols is 1. The summed E-state index contributed by atoms with van der Waals surface area (Å²) in [5.41, 5.74) is -0.456. The lowest BCUT2D eigenvalue weighted by molar-refractivity contribution is 0.0474. The van der Waals surface area contributed by atoms with Crippen LogP contribution in [0.3, 0.4) is 0 Å². The number of aliphatic imine (C=N–C) groups is 1. The first-order chi connectivity index (χ1) is 13.0. The number of methoxy groups -OCH3 is 1. The summed E-state index contributed by atoms with van der Waals surface area (Å²) < 4.78 is 10.5. The van der Waals surface area contributed by atoms with Gasteiger partial charge in [0.1, 0.15) is 17.1 Å². The summed E-state index contributed by atoms with van der Waals surface area (Å²) in [5, 5.41) is 19.2. The molecule has 166 valence electrons. The molecule has 0 spiro atoms. The zero-order chi connectivity index (χ0) is 21.4. The van der Waals surface area contributed by atoms with Crippen molar-refractivity contribution in [3.8, 4) is 11.5 Å².